The number of carbonyl (C=O) groups is 1. The van der Waals surface area contributed by atoms with Crippen LogP contribution >= 0.6 is 11.8 Å². The molecule has 0 aliphatic carbocycles. The highest BCUT2D eigenvalue weighted by Gasteiger charge is 2.39. The van der Waals surface area contributed by atoms with Crippen LogP contribution in [0.3, 0.4) is 0 Å². The van der Waals surface area contributed by atoms with Gasteiger partial charge < -0.3 is 5.32 Å². The van der Waals surface area contributed by atoms with E-state index in [0.717, 1.165) is 10.9 Å². The first-order chi connectivity index (χ1) is 13.9. The summed E-state index contributed by atoms with van der Waals surface area (Å²) in [5.41, 5.74) is -5.60. The summed E-state index contributed by atoms with van der Waals surface area (Å²) in [6.45, 7) is 0. The number of hydrogen-bond acceptors (Lipinski definition) is 3. The van der Waals surface area contributed by atoms with Crippen LogP contribution in [-0.4, -0.2) is 21.2 Å². The van der Waals surface area contributed by atoms with Gasteiger partial charge in [0.05, 0.1) is 5.56 Å². The molecule has 11 heteroatoms. The molecule has 1 amide bonds. The van der Waals surface area contributed by atoms with E-state index in [-0.39, 0.29) is 22.3 Å². The van der Waals surface area contributed by atoms with E-state index in [0.29, 0.717) is 11.1 Å². The number of rotatable bonds is 4. The fourth-order valence-electron chi connectivity index (χ4n) is 2.76. The molecule has 0 atom stereocenters. The molecule has 3 aromatic rings. The van der Waals surface area contributed by atoms with E-state index in [9.17, 15) is 31.1 Å². The smallest absolute Gasteiger partial charge is 0.321 e. The van der Waals surface area contributed by atoms with Crippen LogP contribution in [0.25, 0.3) is 11.1 Å². The SMILES string of the molecule is Cn1cc(C(=O)Nc2ccccc2-c2cccc(SC(F)(F)F)c2)c(C(F)(F)F)n1. The molecule has 2 aromatic carbocycles. The van der Waals surface area contributed by atoms with Crippen LogP contribution in [0.2, 0.25) is 0 Å². The molecular formula is C19H13F6N3OS. The van der Waals surface area contributed by atoms with Gasteiger partial charge in [0.2, 0.25) is 0 Å². The molecule has 0 saturated carbocycles. The summed E-state index contributed by atoms with van der Waals surface area (Å²) < 4.78 is 78.3. The summed E-state index contributed by atoms with van der Waals surface area (Å²) in [5, 5.41) is 5.69. The van der Waals surface area contributed by atoms with Gasteiger partial charge in [-0.2, -0.15) is 31.4 Å². The summed E-state index contributed by atoms with van der Waals surface area (Å²) in [5.74, 6) is -1.04. The van der Waals surface area contributed by atoms with E-state index in [2.05, 4.69) is 10.4 Å². The van der Waals surface area contributed by atoms with Crippen molar-refractivity contribution < 1.29 is 31.1 Å². The molecule has 4 nitrogen and oxygen atoms in total. The lowest BCUT2D eigenvalue weighted by Gasteiger charge is -2.13. The molecule has 30 heavy (non-hydrogen) atoms. The Hall–Kier alpha value is -2.95. The summed E-state index contributed by atoms with van der Waals surface area (Å²) in [4.78, 5) is 12.5. The van der Waals surface area contributed by atoms with Crippen molar-refractivity contribution in [1.29, 1.82) is 0 Å². The average molecular weight is 445 g/mol. The third kappa shape index (κ3) is 5.15. The van der Waals surface area contributed by atoms with Crippen molar-refractivity contribution in [3.63, 3.8) is 0 Å². The number of anilines is 1. The molecule has 158 valence electrons. The minimum absolute atomic E-state index is 0.0623. The lowest BCUT2D eigenvalue weighted by atomic mass is 10.0. The molecule has 0 bridgehead atoms. The first-order valence-electron chi connectivity index (χ1n) is 8.31. The monoisotopic (exact) mass is 445 g/mol. The van der Waals surface area contributed by atoms with E-state index in [1.807, 2.05) is 0 Å². The molecular weight excluding hydrogens is 432 g/mol. The third-order valence-corrected chi connectivity index (χ3v) is 4.62. The van der Waals surface area contributed by atoms with E-state index in [4.69, 9.17) is 0 Å². The summed E-state index contributed by atoms with van der Waals surface area (Å²) >= 11 is -0.290. The molecule has 1 heterocycles. The number of aryl methyl sites for hydroxylation is 1. The Morgan fingerprint density at radius 2 is 1.73 bits per heavy atom. The third-order valence-electron chi connectivity index (χ3n) is 3.90. The Labute approximate surface area is 170 Å². The van der Waals surface area contributed by atoms with Gasteiger partial charge in [0.25, 0.3) is 5.91 Å². The number of hydrogen-bond donors (Lipinski definition) is 1. The molecule has 3 rings (SSSR count). The second kappa shape index (κ2) is 8.05. The van der Waals surface area contributed by atoms with Crippen LogP contribution < -0.4 is 5.32 Å². The maximum atomic E-state index is 13.1. The van der Waals surface area contributed by atoms with Crippen LogP contribution in [0, 0.1) is 0 Å². The minimum atomic E-state index is -4.82. The number of amides is 1. The number of thioether (sulfide) groups is 1. The molecule has 0 spiro atoms. The van der Waals surface area contributed by atoms with Crippen LogP contribution in [0.5, 0.6) is 0 Å². The first-order valence-corrected chi connectivity index (χ1v) is 9.13. The summed E-state index contributed by atoms with van der Waals surface area (Å²) in [6, 6.07) is 11.7. The molecule has 0 aliphatic heterocycles. The van der Waals surface area contributed by atoms with Crippen LogP contribution in [0.15, 0.2) is 59.6 Å². The number of halogens is 6. The highest BCUT2D eigenvalue weighted by molar-refractivity contribution is 8.00. The van der Waals surface area contributed by atoms with E-state index in [1.54, 1.807) is 18.2 Å². The van der Waals surface area contributed by atoms with E-state index >= 15 is 0 Å². The number of aromatic nitrogens is 2. The van der Waals surface area contributed by atoms with Gasteiger partial charge in [-0.15, -0.1) is 0 Å². The Morgan fingerprint density at radius 3 is 2.40 bits per heavy atom. The van der Waals surface area contributed by atoms with Gasteiger partial charge in [-0.25, -0.2) is 0 Å². The van der Waals surface area contributed by atoms with Gasteiger partial charge in [0, 0.05) is 29.4 Å². The van der Waals surface area contributed by atoms with Crippen molar-refractivity contribution >= 4 is 23.4 Å². The van der Waals surface area contributed by atoms with Crippen molar-refractivity contribution in [2.45, 2.75) is 16.6 Å². The first kappa shape index (κ1) is 21.8. The standard InChI is InChI=1S/C19H13F6N3OS/c1-28-10-14(16(27-28)18(20,21)22)17(29)26-15-8-3-2-7-13(15)11-5-4-6-12(9-11)30-19(23,24)25/h2-10H,1H3,(H,26,29). The van der Waals surface area contributed by atoms with Crippen LogP contribution in [-0.2, 0) is 13.2 Å². The van der Waals surface area contributed by atoms with Gasteiger partial charge >= 0.3 is 11.7 Å². The predicted octanol–water partition coefficient (Wildman–Crippen LogP) is 5.97. The van der Waals surface area contributed by atoms with Crippen molar-refractivity contribution in [2.24, 2.45) is 7.05 Å². The molecule has 0 radical (unpaired) electrons. The second-order valence-electron chi connectivity index (χ2n) is 6.14. The number of nitrogens with one attached hydrogen (secondary N) is 1. The Morgan fingerprint density at radius 1 is 1.03 bits per heavy atom. The summed E-state index contributed by atoms with van der Waals surface area (Å²) in [7, 11) is 1.25. The predicted molar refractivity (Wildman–Crippen MR) is 100.0 cm³/mol. The number of nitrogens with zero attached hydrogens (tertiary/aromatic N) is 2. The van der Waals surface area contributed by atoms with Crippen molar-refractivity contribution in [3.8, 4) is 11.1 Å². The quantitative estimate of drug-likeness (QED) is 0.398. The maximum Gasteiger partial charge on any atom is 0.446 e. The van der Waals surface area contributed by atoms with Crippen LogP contribution in [0.4, 0.5) is 32.0 Å². The molecule has 1 N–H and O–H groups in total. The van der Waals surface area contributed by atoms with Crippen molar-refractivity contribution in [3.05, 3.63) is 66.0 Å². The van der Waals surface area contributed by atoms with Gasteiger partial charge in [-0.1, -0.05) is 30.3 Å². The zero-order valence-corrected chi connectivity index (χ0v) is 16.0. The lowest BCUT2D eigenvalue weighted by molar-refractivity contribution is -0.141. The zero-order chi connectivity index (χ0) is 22.1. The Balaban J connectivity index is 1.94. The number of benzene rings is 2. The minimum Gasteiger partial charge on any atom is -0.321 e. The fourth-order valence-corrected chi connectivity index (χ4v) is 3.36. The largest absolute Gasteiger partial charge is 0.446 e. The lowest BCUT2D eigenvalue weighted by Crippen LogP contribution is -2.18. The number of alkyl halides is 6. The highest BCUT2D eigenvalue weighted by Crippen LogP contribution is 2.39. The molecule has 0 unspecified atom stereocenters. The average Bonchev–Trinajstić information content (AvgIpc) is 3.03. The normalized spacial score (nSPS) is 12.1. The van der Waals surface area contributed by atoms with E-state index in [1.165, 1.54) is 37.4 Å². The summed E-state index contributed by atoms with van der Waals surface area (Å²) in [6.07, 6.45) is -3.88. The van der Waals surface area contributed by atoms with Gasteiger partial charge in [-0.3, -0.25) is 9.48 Å². The molecule has 1 aromatic heterocycles. The van der Waals surface area contributed by atoms with Crippen molar-refractivity contribution in [1.82, 2.24) is 9.78 Å². The molecule has 0 fully saturated rings. The van der Waals surface area contributed by atoms with Gasteiger partial charge in [0.1, 0.15) is 0 Å². The van der Waals surface area contributed by atoms with Gasteiger partial charge in [0.15, 0.2) is 5.69 Å². The Bertz CT molecular complexity index is 1070. The zero-order valence-electron chi connectivity index (χ0n) is 15.2. The highest BCUT2D eigenvalue weighted by atomic mass is 32.2. The topological polar surface area (TPSA) is 46.9 Å². The number of para-hydroxylation sites is 1. The number of carbonyl (C=O) groups excluding carboxylic acids is 1. The van der Waals surface area contributed by atoms with Crippen LogP contribution in [0.1, 0.15) is 16.1 Å². The van der Waals surface area contributed by atoms with Crippen molar-refractivity contribution in [2.75, 3.05) is 5.32 Å². The molecule has 0 saturated heterocycles. The van der Waals surface area contributed by atoms with E-state index < -0.39 is 28.8 Å². The maximum absolute atomic E-state index is 13.1. The fraction of sp³-hybridized carbons (Fsp3) is 0.158. The Kier molecular flexibility index (Phi) is 5.84. The molecule has 0 aliphatic rings. The van der Waals surface area contributed by atoms with Gasteiger partial charge in [-0.05, 0) is 35.5 Å². The second-order valence-corrected chi connectivity index (χ2v) is 7.28.